The average molecular weight is 302 g/mol. The van der Waals surface area contributed by atoms with E-state index in [1.165, 1.54) is 4.90 Å². The number of aromatic nitrogens is 1. The SMILES string of the molecule is O=C1c2ccccc2C(=O)N1c1cccn1Cc1ccccc1. The van der Waals surface area contributed by atoms with E-state index in [9.17, 15) is 9.59 Å². The summed E-state index contributed by atoms with van der Waals surface area (Å²) in [4.78, 5) is 26.5. The number of hydrogen-bond donors (Lipinski definition) is 0. The molecule has 0 unspecified atom stereocenters. The first-order valence-electron chi connectivity index (χ1n) is 7.42. The number of nitrogens with zero attached hydrogens (tertiary/aromatic N) is 2. The van der Waals surface area contributed by atoms with Crippen molar-refractivity contribution in [3.8, 4) is 0 Å². The highest BCUT2D eigenvalue weighted by atomic mass is 16.2. The second-order valence-electron chi connectivity index (χ2n) is 5.47. The fourth-order valence-corrected chi connectivity index (χ4v) is 2.92. The highest BCUT2D eigenvalue weighted by Crippen LogP contribution is 2.29. The maximum absolute atomic E-state index is 12.6. The van der Waals surface area contributed by atoms with Gasteiger partial charge in [0.25, 0.3) is 11.8 Å². The topological polar surface area (TPSA) is 42.3 Å². The van der Waals surface area contributed by atoms with E-state index >= 15 is 0 Å². The zero-order chi connectivity index (χ0) is 15.8. The molecule has 2 aromatic carbocycles. The third kappa shape index (κ3) is 2.16. The number of hydrogen-bond acceptors (Lipinski definition) is 2. The molecule has 0 saturated heterocycles. The zero-order valence-corrected chi connectivity index (χ0v) is 12.3. The monoisotopic (exact) mass is 302 g/mol. The van der Waals surface area contributed by atoms with Crippen LogP contribution in [0.25, 0.3) is 0 Å². The van der Waals surface area contributed by atoms with Gasteiger partial charge in [-0.3, -0.25) is 9.59 Å². The van der Waals surface area contributed by atoms with E-state index in [1.54, 1.807) is 30.3 Å². The molecule has 1 aromatic heterocycles. The smallest absolute Gasteiger partial charge is 0.267 e. The van der Waals surface area contributed by atoms with Crippen molar-refractivity contribution < 1.29 is 9.59 Å². The highest BCUT2D eigenvalue weighted by molar-refractivity contribution is 6.34. The molecule has 3 aromatic rings. The Labute approximate surface area is 133 Å². The molecule has 1 aliphatic rings. The largest absolute Gasteiger partial charge is 0.330 e. The highest BCUT2D eigenvalue weighted by Gasteiger charge is 2.37. The van der Waals surface area contributed by atoms with Crippen molar-refractivity contribution in [2.24, 2.45) is 0 Å². The van der Waals surface area contributed by atoms with Crippen LogP contribution in [0.5, 0.6) is 0 Å². The maximum Gasteiger partial charge on any atom is 0.267 e. The number of fused-ring (bicyclic) bond motifs is 1. The van der Waals surface area contributed by atoms with Gasteiger partial charge in [0.05, 0.1) is 11.1 Å². The number of benzene rings is 2. The Kier molecular flexibility index (Phi) is 3.08. The van der Waals surface area contributed by atoms with E-state index in [4.69, 9.17) is 0 Å². The van der Waals surface area contributed by atoms with E-state index in [-0.39, 0.29) is 11.8 Å². The summed E-state index contributed by atoms with van der Waals surface area (Å²) in [6.07, 6.45) is 1.88. The summed E-state index contributed by atoms with van der Waals surface area (Å²) in [6.45, 7) is 0.608. The lowest BCUT2D eigenvalue weighted by atomic mass is 10.1. The van der Waals surface area contributed by atoms with Crippen molar-refractivity contribution in [2.75, 3.05) is 4.90 Å². The first-order valence-corrected chi connectivity index (χ1v) is 7.42. The summed E-state index contributed by atoms with van der Waals surface area (Å²) in [7, 11) is 0. The van der Waals surface area contributed by atoms with Gasteiger partial charge in [-0.15, -0.1) is 0 Å². The van der Waals surface area contributed by atoms with E-state index in [1.807, 2.05) is 47.2 Å². The molecule has 0 spiro atoms. The molecule has 112 valence electrons. The van der Waals surface area contributed by atoms with Crippen molar-refractivity contribution in [1.82, 2.24) is 4.57 Å². The molecule has 0 radical (unpaired) electrons. The first-order chi connectivity index (χ1) is 11.3. The zero-order valence-electron chi connectivity index (χ0n) is 12.3. The lowest BCUT2D eigenvalue weighted by molar-refractivity contribution is 0.0924. The van der Waals surface area contributed by atoms with Gasteiger partial charge in [0, 0.05) is 12.7 Å². The van der Waals surface area contributed by atoms with Gasteiger partial charge in [0.1, 0.15) is 5.82 Å². The van der Waals surface area contributed by atoms with Crippen LogP contribution < -0.4 is 4.90 Å². The summed E-state index contributed by atoms with van der Waals surface area (Å²) >= 11 is 0. The number of anilines is 1. The number of imide groups is 1. The predicted molar refractivity (Wildman–Crippen MR) is 87.6 cm³/mol. The lowest BCUT2D eigenvalue weighted by Crippen LogP contribution is -2.31. The molecule has 4 heteroatoms. The molecule has 0 aliphatic carbocycles. The van der Waals surface area contributed by atoms with E-state index < -0.39 is 0 Å². The second-order valence-corrected chi connectivity index (χ2v) is 5.47. The Morgan fingerprint density at radius 3 is 1.96 bits per heavy atom. The minimum Gasteiger partial charge on any atom is -0.330 e. The fraction of sp³-hybridized carbons (Fsp3) is 0.0526. The minimum absolute atomic E-state index is 0.265. The summed E-state index contributed by atoms with van der Waals surface area (Å²) in [6, 6.07) is 20.5. The van der Waals surface area contributed by atoms with Crippen LogP contribution in [0.2, 0.25) is 0 Å². The van der Waals surface area contributed by atoms with Gasteiger partial charge in [-0.2, -0.15) is 0 Å². The molecule has 0 fully saturated rings. The Bertz CT molecular complexity index is 861. The van der Waals surface area contributed by atoms with Gasteiger partial charge in [0.15, 0.2) is 0 Å². The summed E-state index contributed by atoms with van der Waals surface area (Å²) in [5.74, 6) is 0.0669. The van der Waals surface area contributed by atoms with Crippen LogP contribution in [0.3, 0.4) is 0 Å². The third-order valence-electron chi connectivity index (χ3n) is 4.02. The van der Waals surface area contributed by atoms with Crippen LogP contribution >= 0.6 is 0 Å². The molecule has 0 bridgehead atoms. The van der Waals surface area contributed by atoms with Gasteiger partial charge in [-0.1, -0.05) is 42.5 Å². The van der Waals surface area contributed by atoms with Gasteiger partial charge < -0.3 is 4.57 Å². The quantitative estimate of drug-likeness (QED) is 0.696. The van der Waals surface area contributed by atoms with Gasteiger partial charge in [-0.05, 0) is 29.8 Å². The summed E-state index contributed by atoms with van der Waals surface area (Å²) < 4.78 is 1.91. The molecule has 0 atom stereocenters. The van der Waals surface area contributed by atoms with Gasteiger partial charge in [-0.25, -0.2) is 4.90 Å². The third-order valence-corrected chi connectivity index (χ3v) is 4.02. The van der Waals surface area contributed by atoms with E-state index in [0.29, 0.717) is 23.5 Å². The van der Waals surface area contributed by atoms with Gasteiger partial charge in [0.2, 0.25) is 0 Å². The predicted octanol–water partition coefficient (Wildman–Crippen LogP) is 3.34. The Hall–Kier alpha value is -3.14. The van der Waals surface area contributed by atoms with E-state index in [2.05, 4.69) is 0 Å². The fourth-order valence-electron chi connectivity index (χ4n) is 2.92. The number of amides is 2. The normalized spacial score (nSPS) is 13.5. The number of rotatable bonds is 3. The summed E-state index contributed by atoms with van der Waals surface area (Å²) in [5.41, 5.74) is 2.04. The van der Waals surface area contributed by atoms with E-state index in [0.717, 1.165) is 5.56 Å². The van der Waals surface area contributed by atoms with Crippen LogP contribution in [0.1, 0.15) is 26.3 Å². The molecule has 0 saturated carbocycles. The standard InChI is InChI=1S/C19H14N2O2/c22-18-15-9-4-5-10-16(15)19(23)21(18)17-11-6-12-20(17)13-14-7-2-1-3-8-14/h1-12H,13H2. The maximum atomic E-state index is 12.6. The van der Waals surface area contributed by atoms with Crippen molar-refractivity contribution in [1.29, 1.82) is 0 Å². The van der Waals surface area contributed by atoms with Crippen LogP contribution in [0.15, 0.2) is 72.9 Å². The molecule has 2 heterocycles. The average Bonchev–Trinajstić information content (AvgIpc) is 3.12. The van der Waals surface area contributed by atoms with Crippen molar-refractivity contribution in [2.45, 2.75) is 6.54 Å². The first kappa shape index (κ1) is 13.5. The lowest BCUT2D eigenvalue weighted by Gasteiger charge is -2.17. The molecule has 0 N–H and O–H groups in total. The van der Waals surface area contributed by atoms with Gasteiger partial charge >= 0.3 is 0 Å². The van der Waals surface area contributed by atoms with Crippen LogP contribution in [-0.2, 0) is 6.54 Å². The Morgan fingerprint density at radius 2 is 1.30 bits per heavy atom. The molecule has 23 heavy (non-hydrogen) atoms. The Balaban J connectivity index is 1.72. The molecule has 4 rings (SSSR count). The Morgan fingerprint density at radius 1 is 0.696 bits per heavy atom. The molecule has 1 aliphatic heterocycles. The van der Waals surface area contributed by atoms with Crippen molar-refractivity contribution >= 4 is 17.6 Å². The van der Waals surface area contributed by atoms with Crippen molar-refractivity contribution in [3.05, 3.63) is 89.6 Å². The molecule has 2 amide bonds. The minimum atomic E-state index is -0.265. The van der Waals surface area contributed by atoms with Crippen LogP contribution in [-0.4, -0.2) is 16.4 Å². The molecular weight excluding hydrogens is 288 g/mol. The second kappa shape index (κ2) is 5.25. The van der Waals surface area contributed by atoms with Crippen LogP contribution in [0, 0.1) is 0 Å². The number of carbonyl (C=O) groups excluding carboxylic acids is 2. The molecular formula is C19H14N2O2. The molecule has 4 nitrogen and oxygen atoms in total. The van der Waals surface area contributed by atoms with Crippen LogP contribution in [0.4, 0.5) is 5.82 Å². The number of carbonyl (C=O) groups is 2. The summed E-state index contributed by atoms with van der Waals surface area (Å²) in [5, 5.41) is 0. The van der Waals surface area contributed by atoms with Crippen molar-refractivity contribution in [3.63, 3.8) is 0 Å².